The molecule has 0 aromatic heterocycles. The fourth-order valence-electron chi connectivity index (χ4n) is 0.922. The van der Waals surface area contributed by atoms with Gasteiger partial charge >= 0.3 is 0 Å². The predicted octanol–water partition coefficient (Wildman–Crippen LogP) is 2.35. The molecule has 0 atom stereocenters. The fourth-order valence-corrected chi connectivity index (χ4v) is 1.10. The monoisotopic (exact) mass is 350 g/mol. The third kappa shape index (κ3) is 15.2. The Morgan fingerprint density at radius 1 is 1.11 bits per heavy atom. The average Bonchev–Trinajstić information content (AvgIpc) is 2.30. The van der Waals surface area contributed by atoms with E-state index in [-0.39, 0.29) is 29.8 Å². The Morgan fingerprint density at radius 3 is 2.11 bits per heavy atom. The van der Waals surface area contributed by atoms with Gasteiger partial charge in [-0.25, -0.2) is 0 Å². The summed E-state index contributed by atoms with van der Waals surface area (Å²) in [5.41, 5.74) is 10.2. The van der Waals surface area contributed by atoms with Crippen molar-refractivity contribution < 1.29 is 29.0 Å². The summed E-state index contributed by atoms with van der Waals surface area (Å²) < 4.78 is 9.71. The second-order valence-corrected chi connectivity index (χ2v) is 4.06. The first-order chi connectivity index (χ1) is 8.56. The van der Waals surface area contributed by atoms with Gasteiger partial charge in [0, 0.05) is 19.5 Å². The molecule has 19 heavy (non-hydrogen) atoms. The minimum absolute atomic E-state index is 0. The van der Waals surface area contributed by atoms with Crippen molar-refractivity contribution >= 4 is 34.8 Å². The van der Waals surface area contributed by atoms with Crippen LogP contribution in [0.1, 0.15) is 19.8 Å². The van der Waals surface area contributed by atoms with Crippen LogP contribution < -0.4 is 16.2 Å². The van der Waals surface area contributed by atoms with Crippen molar-refractivity contribution in [3.63, 3.8) is 0 Å². The van der Waals surface area contributed by atoms with Crippen molar-refractivity contribution in [3.8, 4) is 5.75 Å². The number of benzene rings is 1. The molecule has 0 spiro atoms. The Labute approximate surface area is 137 Å². The SMILES string of the molecule is CCCCOC(N)=S.NC(=S)Oc1ccccc1.[Zn]. The molecule has 0 aliphatic carbocycles. The van der Waals surface area contributed by atoms with E-state index in [1.165, 1.54) is 0 Å². The standard InChI is InChI=1S/C7H7NOS.C5H11NOS.Zn/c8-7(10)9-6-4-2-1-3-5-6;1-2-3-4-7-5(6)8;/h1-5H,(H2,8,10);2-4H2,1H3,(H2,6,8);. The molecule has 0 fully saturated rings. The smallest absolute Gasteiger partial charge is 0.259 e. The van der Waals surface area contributed by atoms with Gasteiger partial charge in [-0.15, -0.1) is 0 Å². The molecular formula is C12H18N2O2S2Zn. The molecule has 102 valence electrons. The van der Waals surface area contributed by atoms with Crippen LogP contribution >= 0.6 is 24.4 Å². The van der Waals surface area contributed by atoms with Gasteiger partial charge < -0.3 is 20.9 Å². The van der Waals surface area contributed by atoms with Gasteiger partial charge in [0.1, 0.15) is 5.75 Å². The third-order valence-corrected chi connectivity index (χ3v) is 1.91. The van der Waals surface area contributed by atoms with E-state index in [1.54, 1.807) is 12.1 Å². The summed E-state index contributed by atoms with van der Waals surface area (Å²) in [6.07, 6.45) is 2.14. The summed E-state index contributed by atoms with van der Waals surface area (Å²) in [6.45, 7) is 2.74. The van der Waals surface area contributed by atoms with Crippen LogP contribution in [0.5, 0.6) is 5.75 Å². The summed E-state index contributed by atoms with van der Waals surface area (Å²) in [6, 6.07) is 9.19. The maximum absolute atomic E-state index is 5.13. The van der Waals surface area contributed by atoms with Gasteiger partial charge in [0.05, 0.1) is 6.61 Å². The Bertz CT molecular complexity index is 364. The fraction of sp³-hybridized carbons (Fsp3) is 0.333. The van der Waals surface area contributed by atoms with Gasteiger partial charge in [0.2, 0.25) is 0 Å². The molecule has 1 aromatic carbocycles. The van der Waals surface area contributed by atoms with E-state index in [0.29, 0.717) is 12.4 Å². The molecule has 0 amide bonds. The quantitative estimate of drug-likeness (QED) is 0.493. The molecule has 0 radical (unpaired) electrons. The summed E-state index contributed by atoms with van der Waals surface area (Å²) in [4.78, 5) is 0. The molecule has 0 saturated carbocycles. The molecule has 0 heterocycles. The number of ether oxygens (including phenoxy) is 2. The molecule has 0 unspecified atom stereocenters. The van der Waals surface area contributed by atoms with E-state index in [1.807, 2.05) is 18.2 Å². The number of thiocarbonyl (C=S) groups is 2. The summed E-state index contributed by atoms with van der Waals surface area (Å²) in [5.74, 6) is 0.676. The van der Waals surface area contributed by atoms with E-state index >= 15 is 0 Å². The zero-order chi connectivity index (χ0) is 13.8. The number of nitrogens with two attached hydrogens (primary N) is 2. The van der Waals surface area contributed by atoms with Crippen LogP contribution in [0.2, 0.25) is 0 Å². The first-order valence-electron chi connectivity index (χ1n) is 5.50. The zero-order valence-electron chi connectivity index (χ0n) is 11.0. The second-order valence-electron chi connectivity index (χ2n) is 3.26. The number of unbranched alkanes of at least 4 members (excludes halogenated alkanes) is 1. The molecule has 0 bridgehead atoms. The Hall–Kier alpha value is -0.777. The van der Waals surface area contributed by atoms with Crippen molar-refractivity contribution in [2.75, 3.05) is 6.61 Å². The molecular weight excluding hydrogens is 334 g/mol. The minimum Gasteiger partial charge on any atom is -0.471 e. The van der Waals surface area contributed by atoms with E-state index < -0.39 is 0 Å². The molecule has 0 aliphatic rings. The maximum atomic E-state index is 5.13. The van der Waals surface area contributed by atoms with Gasteiger partial charge in [0.25, 0.3) is 10.3 Å². The van der Waals surface area contributed by atoms with Crippen LogP contribution in [0.3, 0.4) is 0 Å². The van der Waals surface area contributed by atoms with Crippen LogP contribution in [-0.4, -0.2) is 17.0 Å². The van der Waals surface area contributed by atoms with E-state index in [9.17, 15) is 0 Å². The second kappa shape index (κ2) is 13.7. The molecule has 1 rings (SSSR count). The number of rotatable bonds is 4. The van der Waals surface area contributed by atoms with Crippen LogP contribution in [0.15, 0.2) is 30.3 Å². The van der Waals surface area contributed by atoms with Gasteiger partial charge in [-0.05, 0) is 43.0 Å². The van der Waals surface area contributed by atoms with Gasteiger partial charge in [0.15, 0.2) is 0 Å². The summed E-state index contributed by atoms with van der Waals surface area (Å²) >= 11 is 9.00. The minimum atomic E-state index is 0. The molecule has 1 aromatic rings. The third-order valence-electron chi connectivity index (χ3n) is 1.70. The molecule has 4 nitrogen and oxygen atoms in total. The molecule has 4 N–H and O–H groups in total. The van der Waals surface area contributed by atoms with Gasteiger partial charge in [-0.3, -0.25) is 0 Å². The number of para-hydroxylation sites is 1. The average molecular weight is 352 g/mol. The van der Waals surface area contributed by atoms with Crippen LogP contribution in [0.4, 0.5) is 0 Å². The first-order valence-corrected chi connectivity index (χ1v) is 6.32. The number of hydrogen-bond donors (Lipinski definition) is 2. The van der Waals surface area contributed by atoms with Gasteiger partial charge in [-0.1, -0.05) is 31.5 Å². The molecule has 0 aliphatic heterocycles. The van der Waals surface area contributed by atoms with Crippen molar-refractivity contribution in [3.05, 3.63) is 30.3 Å². The number of hydrogen-bond acceptors (Lipinski definition) is 4. The largest absolute Gasteiger partial charge is 0.471 e. The van der Waals surface area contributed by atoms with Crippen LogP contribution in [-0.2, 0) is 24.2 Å². The Balaban J connectivity index is 0. The molecule has 0 saturated heterocycles. The Kier molecular flexibility index (Phi) is 14.8. The van der Waals surface area contributed by atoms with E-state index in [2.05, 4.69) is 31.4 Å². The van der Waals surface area contributed by atoms with Crippen molar-refractivity contribution in [1.29, 1.82) is 0 Å². The van der Waals surface area contributed by atoms with E-state index in [0.717, 1.165) is 12.8 Å². The van der Waals surface area contributed by atoms with E-state index in [4.69, 9.17) is 20.9 Å². The van der Waals surface area contributed by atoms with Crippen LogP contribution in [0, 0.1) is 0 Å². The van der Waals surface area contributed by atoms with Crippen molar-refractivity contribution in [2.24, 2.45) is 11.5 Å². The van der Waals surface area contributed by atoms with Crippen molar-refractivity contribution in [1.82, 2.24) is 0 Å². The Morgan fingerprint density at radius 2 is 1.68 bits per heavy atom. The van der Waals surface area contributed by atoms with Crippen molar-refractivity contribution in [2.45, 2.75) is 19.8 Å². The topological polar surface area (TPSA) is 70.5 Å². The van der Waals surface area contributed by atoms with Gasteiger partial charge in [-0.2, -0.15) is 0 Å². The predicted molar refractivity (Wildman–Crippen MR) is 81.5 cm³/mol. The first kappa shape index (κ1) is 20.5. The summed E-state index contributed by atoms with van der Waals surface area (Å²) in [7, 11) is 0. The normalized spacial score (nSPS) is 8.26. The maximum Gasteiger partial charge on any atom is 0.259 e. The zero-order valence-corrected chi connectivity index (χ0v) is 15.6. The van der Waals surface area contributed by atoms with Crippen LogP contribution in [0.25, 0.3) is 0 Å². The summed E-state index contributed by atoms with van der Waals surface area (Å²) in [5, 5.41) is 0.199. The molecule has 7 heteroatoms.